The van der Waals surface area contributed by atoms with Crippen LogP contribution < -0.4 is 5.73 Å². The highest BCUT2D eigenvalue weighted by atomic mass is 16.5. The molecule has 2 unspecified atom stereocenters. The van der Waals surface area contributed by atoms with E-state index in [1.165, 1.54) is 0 Å². The van der Waals surface area contributed by atoms with Crippen molar-refractivity contribution in [1.82, 2.24) is 0 Å². The van der Waals surface area contributed by atoms with Gasteiger partial charge in [-0.05, 0) is 18.9 Å². The highest BCUT2D eigenvalue weighted by Crippen LogP contribution is 2.34. The predicted molar refractivity (Wildman–Crippen MR) is 66.1 cm³/mol. The standard InChI is InChI=1S/C13H18N2O2/c14-13(16)11-6-3-1-2-5-10(11)12-9-15-7-4-8-17-12/h4,7-11H,1-3,5-6H2,(H2,14,16). The third-order valence-corrected chi connectivity index (χ3v) is 3.40. The van der Waals surface area contributed by atoms with Crippen LogP contribution in [0.5, 0.6) is 0 Å². The minimum Gasteiger partial charge on any atom is -0.467 e. The Balaban J connectivity index is 2.19. The van der Waals surface area contributed by atoms with E-state index < -0.39 is 0 Å². The Labute approximate surface area is 101 Å². The van der Waals surface area contributed by atoms with Crippen LogP contribution in [0.1, 0.15) is 32.1 Å². The number of amides is 1. The van der Waals surface area contributed by atoms with Crippen LogP contribution in [0.4, 0.5) is 0 Å². The molecule has 0 aromatic heterocycles. The number of nitrogens with zero attached hydrogens (tertiary/aromatic N) is 1. The van der Waals surface area contributed by atoms with Crippen LogP contribution in [0.15, 0.2) is 29.3 Å². The molecule has 2 aliphatic rings. The van der Waals surface area contributed by atoms with Crippen molar-refractivity contribution < 1.29 is 9.53 Å². The molecule has 92 valence electrons. The van der Waals surface area contributed by atoms with Crippen LogP contribution in [-0.4, -0.2) is 12.1 Å². The summed E-state index contributed by atoms with van der Waals surface area (Å²) in [7, 11) is 0. The summed E-state index contributed by atoms with van der Waals surface area (Å²) in [5.41, 5.74) is 5.49. The number of carbonyl (C=O) groups excluding carboxylic acids is 1. The third kappa shape index (κ3) is 2.96. The lowest BCUT2D eigenvalue weighted by Crippen LogP contribution is -2.30. The van der Waals surface area contributed by atoms with E-state index in [9.17, 15) is 4.79 Å². The molecule has 4 heteroatoms. The van der Waals surface area contributed by atoms with Gasteiger partial charge in [0.05, 0.1) is 12.5 Å². The highest BCUT2D eigenvalue weighted by molar-refractivity contribution is 5.77. The van der Waals surface area contributed by atoms with Crippen molar-refractivity contribution in [2.24, 2.45) is 22.6 Å². The minimum absolute atomic E-state index is 0.0786. The summed E-state index contributed by atoms with van der Waals surface area (Å²) in [4.78, 5) is 15.6. The third-order valence-electron chi connectivity index (χ3n) is 3.40. The quantitative estimate of drug-likeness (QED) is 0.744. The van der Waals surface area contributed by atoms with Crippen LogP contribution in [0.25, 0.3) is 0 Å². The fourth-order valence-corrected chi connectivity index (χ4v) is 2.52. The molecule has 17 heavy (non-hydrogen) atoms. The molecule has 0 radical (unpaired) electrons. The summed E-state index contributed by atoms with van der Waals surface area (Å²) in [5, 5.41) is 0. The van der Waals surface area contributed by atoms with Crippen molar-refractivity contribution in [3.8, 4) is 0 Å². The SMILES string of the molecule is NC(=O)C1CCCCCC1C1=CN=CC=CO1. The average Bonchev–Trinajstić information content (AvgIpc) is 2.71. The first-order valence-electron chi connectivity index (χ1n) is 6.13. The normalized spacial score (nSPS) is 28.8. The van der Waals surface area contributed by atoms with E-state index in [4.69, 9.17) is 10.5 Å². The van der Waals surface area contributed by atoms with Gasteiger partial charge in [-0.2, -0.15) is 0 Å². The maximum absolute atomic E-state index is 11.5. The molecule has 2 N–H and O–H groups in total. The van der Waals surface area contributed by atoms with E-state index in [0.29, 0.717) is 0 Å². The van der Waals surface area contributed by atoms with Crippen molar-refractivity contribution in [2.75, 3.05) is 0 Å². The first kappa shape index (κ1) is 11.9. The average molecular weight is 234 g/mol. The van der Waals surface area contributed by atoms with E-state index in [0.717, 1.165) is 37.9 Å². The Morgan fingerprint density at radius 2 is 2.18 bits per heavy atom. The number of hydrogen-bond acceptors (Lipinski definition) is 3. The number of rotatable bonds is 2. The molecule has 1 amide bonds. The molecule has 1 saturated carbocycles. The van der Waals surface area contributed by atoms with Gasteiger partial charge in [-0.15, -0.1) is 0 Å². The van der Waals surface area contributed by atoms with Gasteiger partial charge in [0.2, 0.25) is 5.91 Å². The van der Waals surface area contributed by atoms with Crippen LogP contribution in [-0.2, 0) is 9.53 Å². The molecule has 1 heterocycles. The zero-order chi connectivity index (χ0) is 12.1. The molecule has 1 fully saturated rings. The van der Waals surface area contributed by atoms with E-state index in [-0.39, 0.29) is 17.7 Å². The van der Waals surface area contributed by atoms with E-state index >= 15 is 0 Å². The minimum atomic E-state index is -0.224. The first-order valence-corrected chi connectivity index (χ1v) is 6.13. The molecule has 1 aliphatic carbocycles. The number of ether oxygens (including phenoxy) is 1. The molecular formula is C13H18N2O2. The zero-order valence-electron chi connectivity index (χ0n) is 9.84. The van der Waals surface area contributed by atoms with Crippen molar-refractivity contribution >= 4 is 12.1 Å². The maximum atomic E-state index is 11.5. The number of primary amides is 1. The smallest absolute Gasteiger partial charge is 0.221 e. The number of nitrogens with two attached hydrogens (primary N) is 1. The molecule has 4 nitrogen and oxygen atoms in total. The molecule has 0 saturated heterocycles. The Kier molecular flexibility index (Phi) is 3.96. The second-order valence-electron chi connectivity index (χ2n) is 4.53. The lowest BCUT2D eigenvalue weighted by Gasteiger charge is -2.23. The number of allylic oxidation sites excluding steroid dienone is 2. The molecular weight excluding hydrogens is 216 g/mol. The Bertz CT molecular complexity index is 372. The molecule has 0 bridgehead atoms. The predicted octanol–water partition coefficient (Wildman–Crippen LogP) is 2.12. The monoisotopic (exact) mass is 234 g/mol. The van der Waals surface area contributed by atoms with Crippen LogP contribution >= 0.6 is 0 Å². The molecule has 0 aromatic rings. The highest BCUT2D eigenvalue weighted by Gasteiger charge is 2.31. The van der Waals surface area contributed by atoms with Crippen LogP contribution in [0.2, 0.25) is 0 Å². The fraction of sp³-hybridized carbons (Fsp3) is 0.538. The summed E-state index contributed by atoms with van der Waals surface area (Å²) in [6.07, 6.45) is 11.8. The molecule has 0 spiro atoms. The molecule has 0 aromatic carbocycles. The maximum Gasteiger partial charge on any atom is 0.221 e. The topological polar surface area (TPSA) is 64.7 Å². The van der Waals surface area contributed by atoms with Gasteiger partial charge < -0.3 is 10.5 Å². The van der Waals surface area contributed by atoms with E-state index in [1.807, 2.05) is 0 Å². The van der Waals surface area contributed by atoms with Gasteiger partial charge in [0, 0.05) is 18.1 Å². The summed E-state index contributed by atoms with van der Waals surface area (Å²) in [6.45, 7) is 0. The van der Waals surface area contributed by atoms with E-state index in [2.05, 4.69) is 4.99 Å². The van der Waals surface area contributed by atoms with Gasteiger partial charge in [-0.25, -0.2) is 0 Å². The van der Waals surface area contributed by atoms with Gasteiger partial charge >= 0.3 is 0 Å². The lowest BCUT2D eigenvalue weighted by molar-refractivity contribution is -0.123. The lowest BCUT2D eigenvalue weighted by atomic mass is 9.86. The molecule has 2 rings (SSSR count). The largest absolute Gasteiger partial charge is 0.467 e. The zero-order valence-corrected chi connectivity index (χ0v) is 9.84. The Morgan fingerprint density at radius 1 is 1.35 bits per heavy atom. The molecule has 1 aliphatic heterocycles. The summed E-state index contributed by atoms with van der Waals surface area (Å²) < 4.78 is 5.53. The number of aliphatic imine (C=N–C) groups is 1. The summed E-state index contributed by atoms with van der Waals surface area (Å²) >= 11 is 0. The van der Waals surface area contributed by atoms with Crippen LogP contribution in [0, 0.1) is 11.8 Å². The fourth-order valence-electron chi connectivity index (χ4n) is 2.52. The van der Waals surface area contributed by atoms with Crippen molar-refractivity contribution in [3.05, 3.63) is 24.3 Å². The van der Waals surface area contributed by atoms with Gasteiger partial charge in [0.25, 0.3) is 0 Å². The van der Waals surface area contributed by atoms with Gasteiger partial charge in [-0.3, -0.25) is 9.79 Å². The van der Waals surface area contributed by atoms with Crippen molar-refractivity contribution in [1.29, 1.82) is 0 Å². The number of hydrogen-bond donors (Lipinski definition) is 1. The van der Waals surface area contributed by atoms with Gasteiger partial charge in [0.15, 0.2) is 0 Å². The van der Waals surface area contributed by atoms with E-state index in [1.54, 1.807) is 24.8 Å². The van der Waals surface area contributed by atoms with Crippen LogP contribution in [0.3, 0.4) is 0 Å². The van der Waals surface area contributed by atoms with Gasteiger partial charge in [0.1, 0.15) is 5.76 Å². The Morgan fingerprint density at radius 3 is 3.00 bits per heavy atom. The second kappa shape index (κ2) is 5.66. The Hall–Kier alpha value is -1.58. The van der Waals surface area contributed by atoms with Crippen molar-refractivity contribution in [2.45, 2.75) is 32.1 Å². The first-order chi connectivity index (χ1) is 8.29. The summed E-state index contributed by atoms with van der Waals surface area (Å²) in [6, 6.07) is 0. The van der Waals surface area contributed by atoms with Crippen molar-refractivity contribution in [3.63, 3.8) is 0 Å². The van der Waals surface area contributed by atoms with Gasteiger partial charge in [-0.1, -0.05) is 19.3 Å². The summed E-state index contributed by atoms with van der Waals surface area (Å²) in [5.74, 6) is 0.500. The molecule has 2 atom stereocenters. The number of carbonyl (C=O) groups is 1. The second-order valence-corrected chi connectivity index (χ2v) is 4.53.